The first-order valence-corrected chi connectivity index (χ1v) is 5.87. The van der Waals surface area contributed by atoms with Crippen LogP contribution in [0.25, 0.3) is 0 Å². The summed E-state index contributed by atoms with van der Waals surface area (Å²) >= 11 is 0. The Morgan fingerprint density at radius 2 is 1.78 bits per heavy atom. The van der Waals surface area contributed by atoms with E-state index in [1.807, 2.05) is 20.8 Å². The summed E-state index contributed by atoms with van der Waals surface area (Å²) in [6.45, 7) is 6.09. The van der Waals surface area contributed by atoms with E-state index in [2.05, 4.69) is 5.32 Å². The zero-order chi connectivity index (χ0) is 13.8. The van der Waals surface area contributed by atoms with E-state index in [9.17, 15) is 4.79 Å². The molecule has 1 aromatic rings. The van der Waals surface area contributed by atoms with Crippen molar-refractivity contribution in [3.8, 4) is 11.5 Å². The number of methoxy groups -OCH3 is 2. The molecule has 0 aliphatic carbocycles. The molecular formula is C14H21NO3. The normalized spacial score (nSPS) is 10.9. The third kappa shape index (κ3) is 4.28. The fourth-order valence-corrected chi connectivity index (χ4v) is 1.60. The van der Waals surface area contributed by atoms with E-state index in [4.69, 9.17) is 9.47 Å². The number of nitrogens with one attached hydrogen (secondary N) is 1. The van der Waals surface area contributed by atoms with Crippen molar-refractivity contribution in [3.63, 3.8) is 0 Å². The third-order valence-electron chi connectivity index (χ3n) is 2.36. The third-order valence-corrected chi connectivity index (χ3v) is 2.36. The zero-order valence-electron chi connectivity index (χ0n) is 11.7. The molecule has 0 atom stereocenters. The van der Waals surface area contributed by atoms with Crippen molar-refractivity contribution in [2.75, 3.05) is 19.5 Å². The molecule has 1 aromatic carbocycles. The van der Waals surface area contributed by atoms with E-state index in [1.54, 1.807) is 32.4 Å². The average Bonchev–Trinajstić information content (AvgIpc) is 2.26. The Hall–Kier alpha value is -1.71. The molecule has 0 saturated heterocycles. The molecule has 0 spiro atoms. The minimum atomic E-state index is -0.0271. The van der Waals surface area contributed by atoms with E-state index in [0.29, 0.717) is 23.6 Å². The van der Waals surface area contributed by atoms with Crippen molar-refractivity contribution >= 4 is 11.6 Å². The molecule has 0 radical (unpaired) electrons. The van der Waals surface area contributed by atoms with Gasteiger partial charge < -0.3 is 14.8 Å². The van der Waals surface area contributed by atoms with Gasteiger partial charge in [0.25, 0.3) is 0 Å². The summed E-state index contributed by atoms with van der Waals surface area (Å²) in [6, 6.07) is 5.31. The van der Waals surface area contributed by atoms with Gasteiger partial charge in [-0.1, -0.05) is 20.8 Å². The lowest BCUT2D eigenvalue weighted by Crippen LogP contribution is -2.19. The van der Waals surface area contributed by atoms with Crippen LogP contribution < -0.4 is 14.8 Å². The Bertz CT molecular complexity index is 422. The number of benzene rings is 1. The predicted molar refractivity (Wildman–Crippen MR) is 72.2 cm³/mol. The SMILES string of the molecule is COc1ccc(NC(=O)CC(C)(C)C)cc1OC. The highest BCUT2D eigenvalue weighted by Gasteiger charge is 2.16. The number of rotatable bonds is 4. The first-order chi connectivity index (χ1) is 8.35. The molecule has 0 aliphatic heterocycles. The topological polar surface area (TPSA) is 47.6 Å². The van der Waals surface area contributed by atoms with Gasteiger partial charge in [-0.2, -0.15) is 0 Å². The molecule has 4 heteroatoms. The van der Waals surface area contributed by atoms with Crippen molar-refractivity contribution < 1.29 is 14.3 Å². The van der Waals surface area contributed by atoms with Crippen LogP contribution in [0.1, 0.15) is 27.2 Å². The van der Waals surface area contributed by atoms with Crippen molar-refractivity contribution in [1.82, 2.24) is 0 Å². The maximum atomic E-state index is 11.8. The van der Waals surface area contributed by atoms with Crippen LogP contribution in [0.4, 0.5) is 5.69 Å². The van der Waals surface area contributed by atoms with Crippen LogP contribution in [-0.2, 0) is 4.79 Å². The number of carbonyl (C=O) groups excluding carboxylic acids is 1. The van der Waals surface area contributed by atoms with E-state index < -0.39 is 0 Å². The first kappa shape index (κ1) is 14.4. The number of hydrogen-bond donors (Lipinski definition) is 1. The summed E-state index contributed by atoms with van der Waals surface area (Å²) in [5.41, 5.74) is 0.683. The molecule has 1 amide bonds. The van der Waals surface area contributed by atoms with Crippen LogP contribution in [0, 0.1) is 5.41 Å². The second-order valence-electron chi connectivity index (χ2n) is 5.36. The van der Waals surface area contributed by atoms with Crippen molar-refractivity contribution in [2.24, 2.45) is 5.41 Å². The monoisotopic (exact) mass is 251 g/mol. The van der Waals surface area contributed by atoms with Gasteiger partial charge in [0.2, 0.25) is 5.91 Å². The summed E-state index contributed by atoms with van der Waals surface area (Å²) in [6.07, 6.45) is 0.474. The lowest BCUT2D eigenvalue weighted by Gasteiger charge is -2.17. The summed E-state index contributed by atoms with van der Waals surface area (Å²) in [4.78, 5) is 11.8. The second-order valence-corrected chi connectivity index (χ2v) is 5.36. The highest BCUT2D eigenvalue weighted by molar-refractivity contribution is 5.91. The van der Waals surface area contributed by atoms with E-state index in [-0.39, 0.29) is 11.3 Å². The average molecular weight is 251 g/mol. The lowest BCUT2D eigenvalue weighted by atomic mass is 9.92. The molecule has 18 heavy (non-hydrogen) atoms. The minimum Gasteiger partial charge on any atom is -0.493 e. The maximum Gasteiger partial charge on any atom is 0.224 e. The van der Waals surface area contributed by atoms with Crippen LogP contribution in [0.15, 0.2) is 18.2 Å². The molecule has 0 aromatic heterocycles. The lowest BCUT2D eigenvalue weighted by molar-refractivity contribution is -0.117. The van der Waals surface area contributed by atoms with E-state index >= 15 is 0 Å². The summed E-state index contributed by atoms with van der Waals surface area (Å²) in [7, 11) is 3.15. The number of carbonyl (C=O) groups is 1. The van der Waals surface area contributed by atoms with Gasteiger partial charge in [-0.25, -0.2) is 0 Å². The predicted octanol–water partition coefficient (Wildman–Crippen LogP) is 3.08. The van der Waals surface area contributed by atoms with Gasteiger partial charge in [-0.3, -0.25) is 4.79 Å². The zero-order valence-corrected chi connectivity index (χ0v) is 11.7. The van der Waals surface area contributed by atoms with Crippen LogP contribution in [0.3, 0.4) is 0 Å². The number of hydrogen-bond acceptors (Lipinski definition) is 3. The standard InChI is InChI=1S/C14H21NO3/c1-14(2,3)9-13(16)15-10-6-7-11(17-4)12(8-10)18-5/h6-8H,9H2,1-5H3,(H,15,16). The van der Waals surface area contributed by atoms with Crippen LogP contribution in [0.5, 0.6) is 11.5 Å². The highest BCUT2D eigenvalue weighted by Crippen LogP contribution is 2.30. The molecule has 1 rings (SSSR count). The molecule has 0 aliphatic rings. The molecule has 100 valence electrons. The van der Waals surface area contributed by atoms with Gasteiger partial charge in [-0.15, -0.1) is 0 Å². The van der Waals surface area contributed by atoms with Crippen LogP contribution in [0.2, 0.25) is 0 Å². The fourth-order valence-electron chi connectivity index (χ4n) is 1.60. The molecule has 0 unspecified atom stereocenters. The molecular weight excluding hydrogens is 230 g/mol. The summed E-state index contributed by atoms with van der Waals surface area (Å²) in [5, 5.41) is 2.85. The Kier molecular flexibility index (Phi) is 4.59. The quantitative estimate of drug-likeness (QED) is 0.894. The van der Waals surface area contributed by atoms with Crippen LogP contribution >= 0.6 is 0 Å². The molecule has 0 saturated carbocycles. The maximum absolute atomic E-state index is 11.8. The molecule has 0 fully saturated rings. The van der Waals surface area contributed by atoms with E-state index in [0.717, 1.165) is 0 Å². The van der Waals surface area contributed by atoms with E-state index in [1.165, 1.54) is 0 Å². The van der Waals surface area contributed by atoms with Gasteiger partial charge in [0.1, 0.15) is 0 Å². The smallest absolute Gasteiger partial charge is 0.224 e. The number of ether oxygens (including phenoxy) is 2. The fraction of sp³-hybridized carbons (Fsp3) is 0.500. The van der Waals surface area contributed by atoms with Crippen LogP contribution in [-0.4, -0.2) is 20.1 Å². The van der Waals surface area contributed by atoms with Gasteiger partial charge in [0, 0.05) is 18.2 Å². The van der Waals surface area contributed by atoms with Gasteiger partial charge >= 0.3 is 0 Å². The first-order valence-electron chi connectivity index (χ1n) is 5.87. The molecule has 1 N–H and O–H groups in total. The van der Waals surface area contributed by atoms with Crippen molar-refractivity contribution in [1.29, 1.82) is 0 Å². The van der Waals surface area contributed by atoms with Gasteiger partial charge in [0.15, 0.2) is 11.5 Å². The second kappa shape index (κ2) is 5.76. The van der Waals surface area contributed by atoms with Gasteiger partial charge in [-0.05, 0) is 17.5 Å². The Labute approximate surface area is 108 Å². The molecule has 0 bridgehead atoms. The number of anilines is 1. The van der Waals surface area contributed by atoms with Gasteiger partial charge in [0.05, 0.1) is 14.2 Å². The van der Waals surface area contributed by atoms with Crippen molar-refractivity contribution in [3.05, 3.63) is 18.2 Å². The Morgan fingerprint density at radius 3 is 2.28 bits per heavy atom. The van der Waals surface area contributed by atoms with Crippen molar-refractivity contribution in [2.45, 2.75) is 27.2 Å². The highest BCUT2D eigenvalue weighted by atomic mass is 16.5. The molecule has 0 heterocycles. The summed E-state index contributed by atoms with van der Waals surface area (Å²) < 4.78 is 10.3. The molecule has 4 nitrogen and oxygen atoms in total. The number of amides is 1. The minimum absolute atomic E-state index is 0.00489. The summed E-state index contributed by atoms with van der Waals surface area (Å²) in [5.74, 6) is 1.24. The Morgan fingerprint density at radius 1 is 1.17 bits per heavy atom. The Balaban J connectivity index is 2.76. The largest absolute Gasteiger partial charge is 0.493 e.